The maximum Gasteiger partial charge on any atom is 0.312 e. The summed E-state index contributed by atoms with van der Waals surface area (Å²) in [5.74, 6) is -0.707. The van der Waals surface area contributed by atoms with E-state index in [4.69, 9.17) is 9.47 Å². The molecule has 2 aliphatic heterocycles. The average molecular weight is 333 g/mol. The number of methoxy groups -OCH3 is 1. The SMILES string of the molecule is COC(=O)[C@@H]1[C@H](O)[C@@H](CCOCc2ccccc2)N2CCCC[C@H]12. The summed E-state index contributed by atoms with van der Waals surface area (Å²) in [6, 6.07) is 10.2. The van der Waals surface area contributed by atoms with Gasteiger partial charge in [-0.1, -0.05) is 36.8 Å². The lowest BCUT2D eigenvalue weighted by Crippen LogP contribution is -2.43. The number of benzene rings is 1. The monoisotopic (exact) mass is 333 g/mol. The van der Waals surface area contributed by atoms with Crippen LogP contribution in [0.25, 0.3) is 0 Å². The van der Waals surface area contributed by atoms with Gasteiger partial charge in [0.05, 0.1) is 25.7 Å². The number of aliphatic hydroxyl groups is 1. The van der Waals surface area contributed by atoms with Gasteiger partial charge in [0.15, 0.2) is 0 Å². The first-order valence-corrected chi connectivity index (χ1v) is 8.85. The molecule has 2 heterocycles. The number of hydrogen-bond donors (Lipinski definition) is 1. The van der Waals surface area contributed by atoms with Gasteiger partial charge >= 0.3 is 5.97 Å². The Balaban J connectivity index is 1.56. The summed E-state index contributed by atoms with van der Waals surface area (Å²) >= 11 is 0. The zero-order chi connectivity index (χ0) is 16.9. The van der Waals surface area contributed by atoms with Gasteiger partial charge in [-0.25, -0.2) is 0 Å². The van der Waals surface area contributed by atoms with Crippen molar-refractivity contribution in [3.05, 3.63) is 35.9 Å². The second-order valence-electron chi connectivity index (χ2n) is 6.73. The molecule has 24 heavy (non-hydrogen) atoms. The number of fused-ring (bicyclic) bond motifs is 1. The van der Waals surface area contributed by atoms with E-state index < -0.39 is 12.0 Å². The summed E-state index contributed by atoms with van der Waals surface area (Å²) in [6.07, 6.45) is 3.26. The summed E-state index contributed by atoms with van der Waals surface area (Å²) in [5, 5.41) is 10.7. The normalized spacial score (nSPS) is 30.1. The van der Waals surface area contributed by atoms with E-state index in [1.54, 1.807) is 0 Å². The van der Waals surface area contributed by atoms with Crippen LogP contribution in [0.5, 0.6) is 0 Å². The molecular formula is C19H27NO4. The van der Waals surface area contributed by atoms with E-state index in [-0.39, 0.29) is 18.1 Å². The highest BCUT2D eigenvalue weighted by Crippen LogP contribution is 2.38. The van der Waals surface area contributed by atoms with Crippen molar-refractivity contribution < 1.29 is 19.4 Å². The molecule has 0 bridgehead atoms. The Morgan fingerprint density at radius 1 is 1.29 bits per heavy atom. The number of esters is 1. The van der Waals surface area contributed by atoms with Crippen molar-refractivity contribution >= 4 is 5.97 Å². The van der Waals surface area contributed by atoms with Crippen molar-refractivity contribution in [1.29, 1.82) is 0 Å². The summed E-state index contributed by atoms with van der Waals surface area (Å²) < 4.78 is 10.7. The van der Waals surface area contributed by atoms with E-state index in [2.05, 4.69) is 4.90 Å². The lowest BCUT2D eigenvalue weighted by molar-refractivity contribution is -0.149. The Labute approximate surface area is 143 Å². The maximum absolute atomic E-state index is 12.1. The molecule has 0 unspecified atom stereocenters. The minimum Gasteiger partial charge on any atom is -0.469 e. The van der Waals surface area contributed by atoms with E-state index in [0.29, 0.717) is 13.2 Å². The van der Waals surface area contributed by atoms with E-state index >= 15 is 0 Å². The fraction of sp³-hybridized carbons (Fsp3) is 0.632. The topological polar surface area (TPSA) is 59.0 Å². The van der Waals surface area contributed by atoms with Crippen LogP contribution in [0.3, 0.4) is 0 Å². The van der Waals surface area contributed by atoms with Gasteiger partial charge in [-0.15, -0.1) is 0 Å². The molecule has 0 radical (unpaired) electrons. The average Bonchev–Trinajstić information content (AvgIpc) is 2.91. The van der Waals surface area contributed by atoms with Crippen molar-refractivity contribution in [3.8, 4) is 0 Å². The number of carbonyl (C=O) groups excluding carboxylic acids is 1. The highest BCUT2D eigenvalue weighted by molar-refractivity contribution is 5.74. The number of rotatable bonds is 6. The highest BCUT2D eigenvalue weighted by atomic mass is 16.5. The van der Waals surface area contributed by atoms with Crippen molar-refractivity contribution in [3.63, 3.8) is 0 Å². The zero-order valence-electron chi connectivity index (χ0n) is 14.3. The molecule has 0 saturated carbocycles. The molecule has 1 N–H and O–H groups in total. The smallest absolute Gasteiger partial charge is 0.312 e. The predicted octanol–water partition coefficient (Wildman–Crippen LogP) is 1.98. The van der Waals surface area contributed by atoms with Crippen LogP contribution in [0.4, 0.5) is 0 Å². The Morgan fingerprint density at radius 3 is 2.83 bits per heavy atom. The minimum atomic E-state index is -0.666. The second kappa shape index (κ2) is 8.10. The van der Waals surface area contributed by atoms with Crippen LogP contribution in [-0.2, 0) is 20.9 Å². The van der Waals surface area contributed by atoms with Crippen LogP contribution >= 0.6 is 0 Å². The fourth-order valence-electron chi connectivity index (χ4n) is 4.18. The molecule has 1 aromatic carbocycles. The molecule has 0 spiro atoms. The molecule has 0 aromatic heterocycles. The van der Waals surface area contributed by atoms with Gasteiger partial charge in [0.1, 0.15) is 0 Å². The van der Waals surface area contributed by atoms with Gasteiger partial charge in [0.2, 0.25) is 0 Å². The Hall–Kier alpha value is -1.43. The third-order valence-corrected chi connectivity index (χ3v) is 5.34. The first kappa shape index (κ1) is 17.4. The second-order valence-corrected chi connectivity index (χ2v) is 6.73. The number of carbonyl (C=O) groups is 1. The van der Waals surface area contributed by atoms with Crippen LogP contribution in [0, 0.1) is 5.92 Å². The summed E-state index contributed by atoms with van der Waals surface area (Å²) in [7, 11) is 1.40. The highest BCUT2D eigenvalue weighted by Gasteiger charge is 2.52. The van der Waals surface area contributed by atoms with Crippen molar-refractivity contribution in [2.75, 3.05) is 20.3 Å². The molecule has 1 aromatic rings. The fourth-order valence-corrected chi connectivity index (χ4v) is 4.18. The molecule has 4 atom stereocenters. The van der Waals surface area contributed by atoms with Gasteiger partial charge in [-0.2, -0.15) is 0 Å². The first-order chi connectivity index (χ1) is 11.7. The predicted molar refractivity (Wildman–Crippen MR) is 90.4 cm³/mol. The van der Waals surface area contributed by atoms with Crippen LogP contribution in [0.1, 0.15) is 31.2 Å². The number of hydrogen-bond acceptors (Lipinski definition) is 5. The lowest BCUT2D eigenvalue weighted by atomic mass is 9.91. The maximum atomic E-state index is 12.1. The molecule has 5 nitrogen and oxygen atoms in total. The first-order valence-electron chi connectivity index (χ1n) is 8.85. The van der Waals surface area contributed by atoms with Crippen molar-refractivity contribution in [2.24, 2.45) is 5.92 Å². The Morgan fingerprint density at radius 2 is 2.08 bits per heavy atom. The van der Waals surface area contributed by atoms with E-state index in [0.717, 1.165) is 37.8 Å². The van der Waals surface area contributed by atoms with E-state index in [9.17, 15) is 9.90 Å². The summed E-state index contributed by atoms with van der Waals surface area (Å²) in [4.78, 5) is 14.4. The van der Waals surface area contributed by atoms with E-state index in [1.807, 2.05) is 30.3 Å². The Bertz CT molecular complexity index is 535. The molecular weight excluding hydrogens is 306 g/mol. The molecule has 5 heteroatoms. The molecule has 2 aliphatic rings. The third kappa shape index (κ3) is 3.63. The van der Waals surface area contributed by atoms with Gasteiger partial charge < -0.3 is 14.6 Å². The van der Waals surface area contributed by atoms with Crippen LogP contribution in [-0.4, -0.2) is 54.4 Å². The van der Waals surface area contributed by atoms with Gasteiger partial charge in [-0.3, -0.25) is 9.69 Å². The number of nitrogens with zero attached hydrogens (tertiary/aromatic N) is 1. The third-order valence-electron chi connectivity index (χ3n) is 5.34. The standard InChI is InChI=1S/C19H27NO4/c1-23-19(22)17-15-9-5-6-11-20(15)16(18(17)21)10-12-24-13-14-7-3-2-4-8-14/h2-4,7-8,15-18,21H,5-6,9-13H2,1H3/t15-,16-,17+,18-/m1/s1. The molecule has 0 amide bonds. The van der Waals surface area contributed by atoms with Crippen LogP contribution in [0.2, 0.25) is 0 Å². The number of ether oxygens (including phenoxy) is 2. The number of piperidine rings is 1. The number of aliphatic hydroxyl groups excluding tert-OH is 1. The van der Waals surface area contributed by atoms with Gasteiger partial charge in [-0.05, 0) is 31.4 Å². The van der Waals surface area contributed by atoms with Gasteiger partial charge in [0.25, 0.3) is 0 Å². The zero-order valence-corrected chi connectivity index (χ0v) is 14.3. The van der Waals surface area contributed by atoms with Crippen molar-refractivity contribution in [1.82, 2.24) is 4.90 Å². The van der Waals surface area contributed by atoms with Crippen LogP contribution < -0.4 is 0 Å². The quantitative estimate of drug-likeness (QED) is 0.637. The largest absolute Gasteiger partial charge is 0.469 e. The van der Waals surface area contributed by atoms with E-state index in [1.165, 1.54) is 7.11 Å². The Kier molecular flexibility index (Phi) is 5.87. The molecule has 2 saturated heterocycles. The summed E-state index contributed by atoms with van der Waals surface area (Å²) in [6.45, 7) is 2.10. The lowest BCUT2D eigenvalue weighted by Gasteiger charge is -2.34. The summed E-state index contributed by atoms with van der Waals surface area (Å²) in [5.41, 5.74) is 1.15. The molecule has 0 aliphatic carbocycles. The van der Waals surface area contributed by atoms with Crippen molar-refractivity contribution in [2.45, 2.75) is 50.5 Å². The minimum absolute atomic E-state index is 0.0184. The van der Waals surface area contributed by atoms with Crippen LogP contribution in [0.15, 0.2) is 30.3 Å². The van der Waals surface area contributed by atoms with Gasteiger partial charge in [0, 0.05) is 18.7 Å². The molecule has 132 valence electrons. The molecule has 2 fully saturated rings. The molecule has 3 rings (SSSR count).